The summed E-state index contributed by atoms with van der Waals surface area (Å²) in [5, 5.41) is 0.944. The number of nitrogens with one attached hydrogen (secondary N) is 1. The molecule has 8 heteroatoms. The van der Waals surface area contributed by atoms with E-state index in [0.29, 0.717) is 18.7 Å². The second-order valence-electron chi connectivity index (χ2n) is 6.78. The van der Waals surface area contributed by atoms with E-state index >= 15 is 0 Å². The van der Waals surface area contributed by atoms with Crippen molar-refractivity contribution in [1.82, 2.24) is 0 Å². The molecule has 150 valence electrons. The van der Waals surface area contributed by atoms with E-state index in [4.69, 9.17) is 0 Å². The molecule has 2 aromatic rings. The SMILES string of the molecule is Cc1ccc(C=CS(=O)(=O)Nc2ccc(N3CCCC3)c(C(F)(F)F)c2)cc1. The number of alkyl halides is 3. The van der Waals surface area contributed by atoms with Crippen LogP contribution in [0.3, 0.4) is 0 Å². The van der Waals surface area contributed by atoms with Crippen LogP contribution in [-0.2, 0) is 16.2 Å². The van der Waals surface area contributed by atoms with E-state index in [-0.39, 0.29) is 11.4 Å². The first-order valence-corrected chi connectivity index (χ1v) is 10.4. The van der Waals surface area contributed by atoms with E-state index in [1.807, 2.05) is 19.1 Å². The quantitative estimate of drug-likeness (QED) is 0.752. The predicted octanol–water partition coefficient (Wildman–Crippen LogP) is 5.03. The van der Waals surface area contributed by atoms with E-state index in [9.17, 15) is 21.6 Å². The van der Waals surface area contributed by atoms with Crippen LogP contribution in [0.15, 0.2) is 47.9 Å². The largest absolute Gasteiger partial charge is 0.418 e. The van der Waals surface area contributed by atoms with Crippen molar-refractivity contribution in [3.63, 3.8) is 0 Å². The first kappa shape index (κ1) is 20.3. The van der Waals surface area contributed by atoms with Crippen LogP contribution in [0.1, 0.15) is 29.5 Å². The van der Waals surface area contributed by atoms with E-state index in [2.05, 4.69) is 4.72 Å². The minimum absolute atomic E-state index is 0.0862. The summed E-state index contributed by atoms with van der Waals surface area (Å²) in [6.07, 6.45) is -1.49. The molecule has 0 saturated carbocycles. The lowest BCUT2D eigenvalue weighted by Crippen LogP contribution is -2.22. The van der Waals surface area contributed by atoms with Gasteiger partial charge in [0.05, 0.1) is 11.0 Å². The molecular weight excluding hydrogens is 389 g/mol. The molecule has 2 aromatic carbocycles. The number of benzene rings is 2. The number of halogens is 3. The minimum Gasteiger partial charge on any atom is -0.371 e. The summed E-state index contributed by atoms with van der Waals surface area (Å²) < 4.78 is 67.2. The third-order valence-electron chi connectivity index (χ3n) is 4.53. The van der Waals surface area contributed by atoms with Crippen LogP contribution in [0.25, 0.3) is 6.08 Å². The molecule has 0 radical (unpaired) electrons. The third kappa shape index (κ3) is 5.07. The Morgan fingerprint density at radius 3 is 2.29 bits per heavy atom. The predicted molar refractivity (Wildman–Crippen MR) is 106 cm³/mol. The number of sulfonamides is 1. The Bertz CT molecular complexity index is 962. The summed E-state index contributed by atoms with van der Waals surface area (Å²) in [5.41, 5.74) is 0.844. The van der Waals surface area contributed by atoms with Gasteiger partial charge in [-0.05, 0) is 49.6 Å². The van der Waals surface area contributed by atoms with Gasteiger partial charge in [0.25, 0.3) is 10.0 Å². The molecule has 4 nitrogen and oxygen atoms in total. The Labute approximate surface area is 162 Å². The zero-order valence-electron chi connectivity index (χ0n) is 15.3. The summed E-state index contributed by atoms with van der Waals surface area (Å²) in [7, 11) is -3.95. The molecule has 0 amide bonds. The van der Waals surface area contributed by atoms with Gasteiger partial charge < -0.3 is 4.90 Å². The Balaban J connectivity index is 1.83. The average Bonchev–Trinajstić information content (AvgIpc) is 3.15. The lowest BCUT2D eigenvalue weighted by Gasteiger charge is -2.23. The monoisotopic (exact) mass is 410 g/mol. The molecule has 1 aliphatic rings. The fourth-order valence-electron chi connectivity index (χ4n) is 3.10. The summed E-state index contributed by atoms with van der Waals surface area (Å²) in [6.45, 7) is 3.04. The van der Waals surface area contributed by atoms with Crippen LogP contribution in [-0.4, -0.2) is 21.5 Å². The molecule has 0 spiro atoms. The van der Waals surface area contributed by atoms with Gasteiger partial charge in [-0.25, -0.2) is 8.42 Å². The summed E-state index contributed by atoms with van der Waals surface area (Å²) in [5.74, 6) is 0. The van der Waals surface area contributed by atoms with E-state index in [1.165, 1.54) is 18.2 Å². The number of rotatable bonds is 5. The molecule has 0 unspecified atom stereocenters. The fraction of sp³-hybridized carbons (Fsp3) is 0.300. The number of anilines is 2. The van der Waals surface area contributed by atoms with E-state index in [0.717, 1.165) is 29.9 Å². The van der Waals surface area contributed by atoms with Gasteiger partial charge in [-0.1, -0.05) is 29.8 Å². The lowest BCUT2D eigenvalue weighted by atomic mass is 10.1. The number of nitrogens with zero attached hydrogens (tertiary/aromatic N) is 1. The maximum Gasteiger partial charge on any atom is 0.418 e. The highest BCUT2D eigenvalue weighted by Crippen LogP contribution is 2.39. The van der Waals surface area contributed by atoms with Crippen LogP contribution in [0.2, 0.25) is 0 Å². The van der Waals surface area contributed by atoms with Crippen molar-refractivity contribution >= 4 is 27.5 Å². The highest BCUT2D eigenvalue weighted by molar-refractivity contribution is 7.95. The van der Waals surface area contributed by atoms with Gasteiger partial charge >= 0.3 is 6.18 Å². The van der Waals surface area contributed by atoms with Gasteiger partial charge in [-0.15, -0.1) is 0 Å². The third-order valence-corrected chi connectivity index (χ3v) is 5.54. The van der Waals surface area contributed by atoms with Crippen molar-refractivity contribution in [3.8, 4) is 0 Å². The van der Waals surface area contributed by atoms with E-state index < -0.39 is 21.8 Å². The maximum atomic E-state index is 13.5. The van der Waals surface area contributed by atoms with Crippen LogP contribution >= 0.6 is 0 Å². The van der Waals surface area contributed by atoms with Gasteiger partial charge in [-0.3, -0.25) is 4.72 Å². The molecule has 1 fully saturated rings. The molecule has 28 heavy (non-hydrogen) atoms. The van der Waals surface area contributed by atoms with Crippen LogP contribution < -0.4 is 9.62 Å². The first-order chi connectivity index (χ1) is 13.1. The highest BCUT2D eigenvalue weighted by Gasteiger charge is 2.36. The number of hydrogen-bond acceptors (Lipinski definition) is 3. The summed E-state index contributed by atoms with van der Waals surface area (Å²) in [4.78, 5) is 1.68. The van der Waals surface area contributed by atoms with Crippen molar-refractivity contribution in [1.29, 1.82) is 0 Å². The number of aryl methyl sites for hydroxylation is 1. The second-order valence-corrected chi connectivity index (χ2v) is 8.35. The Kier molecular flexibility index (Phi) is 5.69. The van der Waals surface area contributed by atoms with Crippen molar-refractivity contribution in [2.24, 2.45) is 0 Å². The summed E-state index contributed by atoms with van der Waals surface area (Å²) in [6, 6.07) is 10.7. The molecule has 0 aliphatic carbocycles. The van der Waals surface area contributed by atoms with Gasteiger partial charge in [-0.2, -0.15) is 13.2 Å². The first-order valence-electron chi connectivity index (χ1n) is 8.88. The molecule has 1 heterocycles. The van der Waals surface area contributed by atoms with Crippen molar-refractivity contribution < 1.29 is 21.6 Å². The Morgan fingerprint density at radius 1 is 1.04 bits per heavy atom. The van der Waals surface area contributed by atoms with Crippen molar-refractivity contribution in [3.05, 3.63) is 64.6 Å². The van der Waals surface area contributed by atoms with Crippen LogP contribution in [0.5, 0.6) is 0 Å². The molecule has 3 rings (SSSR count). The average molecular weight is 410 g/mol. The maximum absolute atomic E-state index is 13.5. The topological polar surface area (TPSA) is 49.4 Å². The fourth-order valence-corrected chi connectivity index (χ4v) is 3.96. The molecule has 1 saturated heterocycles. The van der Waals surface area contributed by atoms with Gasteiger partial charge in [0.1, 0.15) is 0 Å². The second kappa shape index (κ2) is 7.87. The molecular formula is C20H21F3N2O2S. The van der Waals surface area contributed by atoms with Crippen molar-refractivity contribution in [2.75, 3.05) is 22.7 Å². The Morgan fingerprint density at radius 2 is 1.68 bits per heavy atom. The minimum atomic E-state index is -4.57. The molecule has 1 aliphatic heterocycles. The molecule has 1 N–H and O–H groups in total. The van der Waals surface area contributed by atoms with Gasteiger partial charge in [0.15, 0.2) is 0 Å². The smallest absolute Gasteiger partial charge is 0.371 e. The lowest BCUT2D eigenvalue weighted by molar-refractivity contribution is -0.137. The zero-order valence-corrected chi connectivity index (χ0v) is 16.1. The molecule has 0 atom stereocenters. The van der Waals surface area contributed by atoms with Crippen LogP contribution in [0.4, 0.5) is 24.5 Å². The van der Waals surface area contributed by atoms with Crippen molar-refractivity contribution in [2.45, 2.75) is 25.9 Å². The standard InChI is InChI=1S/C20H21F3N2O2S/c1-15-4-6-16(7-5-15)10-13-28(26,27)24-17-8-9-19(25-11-2-3-12-25)18(14-17)20(21,22)23/h4-10,13-14,24H,2-3,11-12H2,1H3. The molecule has 0 aromatic heterocycles. The Hall–Kier alpha value is -2.48. The summed E-state index contributed by atoms with van der Waals surface area (Å²) >= 11 is 0. The highest BCUT2D eigenvalue weighted by atomic mass is 32.2. The normalized spacial score (nSPS) is 15.4. The molecule has 0 bridgehead atoms. The van der Waals surface area contributed by atoms with Gasteiger partial charge in [0, 0.05) is 24.5 Å². The van der Waals surface area contributed by atoms with Crippen LogP contribution in [0, 0.1) is 6.92 Å². The van der Waals surface area contributed by atoms with Gasteiger partial charge in [0.2, 0.25) is 0 Å². The number of hydrogen-bond donors (Lipinski definition) is 1. The zero-order chi connectivity index (χ0) is 20.4. The van der Waals surface area contributed by atoms with E-state index in [1.54, 1.807) is 17.0 Å².